The van der Waals surface area contributed by atoms with Crippen LogP contribution in [0.2, 0.25) is 0 Å². The summed E-state index contributed by atoms with van der Waals surface area (Å²) in [5.41, 5.74) is 0.805. The summed E-state index contributed by atoms with van der Waals surface area (Å²) in [5, 5.41) is 12.6. The fraction of sp³-hybridized carbons (Fsp3) is 0.429. The number of benzene rings is 1. The van der Waals surface area contributed by atoms with Gasteiger partial charge in [0.05, 0.1) is 17.0 Å². The van der Waals surface area contributed by atoms with Gasteiger partial charge in [-0.2, -0.15) is 18.3 Å². The molecule has 1 aliphatic heterocycles. The molecule has 166 valence electrons. The quantitative estimate of drug-likeness (QED) is 0.647. The molecule has 2 N–H and O–H groups in total. The largest absolute Gasteiger partial charge is 0.418 e. The Morgan fingerprint density at radius 1 is 1.26 bits per heavy atom. The maximum Gasteiger partial charge on any atom is 0.418 e. The van der Waals surface area contributed by atoms with Crippen LogP contribution in [0.15, 0.2) is 46.1 Å². The van der Waals surface area contributed by atoms with Gasteiger partial charge in [-0.3, -0.25) is 9.59 Å². The number of nitrogens with one attached hydrogen (secondary N) is 2. The Bertz CT molecular complexity index is 983. The molecule has 3 rings (SSSR count). The van der Waals surface area contributed by atoms with Crippen LogP contribution in [0.25, 0.3) is 0 Å². The fourth-order valence-electron chi connectivity index (χ4n) is 3.66. The normalized spacial score (nSPS) is 23.6. The lowest BCUT2D eigenvalue weighted by Crippen LogP contribution is -2.28. The number of hydrogen-bond donors (Lipinski definition) is 2. The van der Waals surface area contributed by atoms with Gasteiger partial charge in [-0.1, -0.05) is 43.3 Å². The lowest BCUT2D eigenvalue weighted by molar-refractivity contribution is -0.137. The summed E-state index contributed by atoms with van der Waals surface area (Å²) in [5.74, 6) is -1.12. The number of alkyl halides is 3. The number of allylic oxidation sites excluding steroid dienone is 2. The summed E-state index contributed by atoms with van der Waals surface area (Å²) >= 11 is 1.04. The van der Waals surface area contributed by atoms with E-state index < -0.39 is 28.8 Å². The number of carbonyl (C=O) groups excluding carboxylic acids is 2. The van der Waals surface area contributed by atoms with E-state index in [1.807, 2.05) is 13.0 Å². The molecule has 31 heavy (non-hydrogen) atoms. The minimum Gasteiger partial charge on any atom is -0.325 e. The molecule has 0 radical (unpaired) electrons. The number of nitrogens with zero attached hydrogens (tertiary/aromatic N) is 2. The Kier molecular flexibility index (Phi) is 6.59. The van der Waals surface area contributed by atoms with Crippen LogP contribution in [-0.4, -0.2) is 27.9 Å². The summed E-state index contributed by atoms with van der Waals surface area (Å²) in [6, 6.07) is 4.70. The van der Waals surface area contributed by atoms with Crippen LogP contribution < -0.4 is 10.6 Å². The smallest absolute Gasteiger partial charge is 0.325 e. The third kappa shape index (κ3) is 6.19. The molecule has 0 saturated carbocycles. The maximum absolute atomic E-state index is 13.1. The second kappa shape index (κ2) is 8.86. The standard InChI is InChI=1S/C21H23F3N4O2S/c1-12-8-13(11-20(2,3)10-12)27-28-19-26-18(30)16(31-19)9-17(29)25-15-7-5-4-6-14(15)21(22,23)24/h4-8,16H,9-11H2,1-3H3,(H,25,29)(H,26,28,30)/b27-13+. The zero-order chi connectivity index (χ0) is 22.8. The number of amides is 2. The van der Waals surface area contributed by atoms with Gasteiger partial charge in [-0.25, -0.2) is 0 Å². The number of carbonyl (C=O) groups is 2. The predicted octanol–water partition coefficient (Wildman–Crippen LogP) is 4.74. The Labute approximate surface area is 182 Å². The highest BCUT2D eigenvalue weighted by atomic mass is 32.2. The molecule has 1 aliphatic carbocycles. The second-order valence-electron chi connectivity index (χ2n) is 8.40. The molecule has 6 nitrogen and oxygen atoms in total. The van der Waals surface area contributed by atoms with E-state index in [-0.39, 0.29) is 22.7 Å². The van der Waals surface area contributed by atoms with Crippen LogP contribution in [0, 0.1) is 5.41 Å². The van der Waals surface area contributed by atoms with Crippen LogP contribution in [0.1, 0.15) is 45.6 Å². The van der Waals surface area contributed by atoms with E-state index in [1.54, 1.807) is 0 Å². The Morgan fingerprint density at radius 2 is 1.97 bits per heavy atom. The van der Waals surface area contributed by atoms with E-state index in [0.717, 1.165) is 36.4 Å². The van der Waals surface area contributed by atoms with E-state index in [4.69, 9.17) is 0 Å². The highest BCUT2D eigenvalue weighted by Gasteiger charge is 2.35. The van der Waals surface area contributed by atoms with E-state index >= 15 is 0 Å². The summed E-state index contributed by atoms with van der Waals surface area (Å²) < 4.78 is 39.2. The number of rotatable bonds is 4. The molecule has 1 atom stereocenters. The molecule has 2 aliphatic rings. The zero-order valence-corrected chi connectivity index (χ0v) is 18.2. The number of anilines is 1. The Balaban J connectivity index is 1.64. The van der Waals surface area contributed by atoms with Gasteiger partial charge in [-0.05, 0) is 43.4 Å². The molecule has 1 saturated heterocycles. The first-order valence-corrected chi connectivity index (χ1v) is 10.6. The van der Waals surface area contributed by atoms with Crippen molar-refractivity contribution in [3.63, 3.8) is 0 Å². The van der Waals surface area contributed by atoms with E-state index in [9.17, 15) is 22.8 Å². The lowest BCUT2D eigenvalue weighted by Gasteiger charge is -2.28. The van der Waals surface area contributed by atoms with E-state index in [0.29, 0.717) is 0 Å². The molecule has 10 heteroatoms. The number of halogens is 3. The van der Waals surface area contributed by atoms with Crippen molar-refractivity contribution in [2.75, 3.05) is 5.32 Å². The lowest BCUT2D eigenvalue weighted by atomic mass is 9.77. The van der Waals surface area contributed by atoms with Crippen LogP contribution in [-0.2, 0) is 15.8 Å². The second-order valence-corrected chi connectivity index (χ2v) is 9.59. The molecule has 0 spiro atoms. The van der Waals surface area contributed by atoms with Gasteiger partial charge in [0.2, 0.25) is 11.8 Å². The number of hydrogen-bond acceptors (Lipinski definition) is 5. The van der Waals surface area contributed by atoms with Crippen LogP contribution >= 0.6 is 11.8 Å². The summed E-state index contributed by atoms with van der Waals surface area (Å²) in [6.07, 6.45) is -1.18. The van der Waals surface area contributed by atoms with Crippen molar-refractivity contribution >= 4 is 40.1 Å². The van der Waals surface area contributed by atoms with Crippen LogP contribution in [0.4, 0.5) is 18.9 Å². The molecule has 1 aromatic rings. The van der Waals surface area contributed by atoms with Crippen molar-refractivity contribution in [2.45, 2.75) is 51.5 Å². The van der Waals surface area contributed by atoms with Gasteiger partial charge >= 0.3 is 6.18 Å². The van der Waals surface area contributed by atoms with Crippen molar-refractivity contribution in [1.82, 2.24) is 5.32 Å². The molecule has 0 bridgehead atoms. The highest BCUT2D eigenvalue weighted by molar-refractivity contribution is 8.15. The summed E-state index contributed by atoms with van der Waals surface area (Å²) in [6.45, 7) is 6.31. The maximum atomic E-state index is 13.1. The van der Waals surface area contributed by atoms with Crippen LogP contribution in [0.3, 0.4) is 0 Å². The third-order valence-corrected chi connectivity index (χ3v) is 5.83. The first kappa shape index (κ1) is 23.1. The van der Waals surface area contributed by atoms with Gasteiger partial charge in [0.25, 0.3) is 0 Å². The van der Waals surface area contributed by atoms with Gasteiger partial charge in [-0.15, -0.1) is 5.10 Å². The summed E-state index contributed by atoms with van der Waals surface area (Å²) in [4.78, 5) is 24.4. The minimum atomic E-state index is -4.59. The van der Waals surface area contributed by atoms with Crippen LogP contribution in [0.5, 0.6) is 0 Å². The number of para-hydroxylation sites is 1. The molecular weight excluding hydrogens is 429 g/mol. The Hall–Kier alpha value is -2.62. The van der Waals surface area contributed by atoms with E-state index in [2.05, 4.69) is 34.7 Å². The molecule has 1 fully saturated rings. The van der Waals surface area contributed by atoms with Crippen molar-refractivity contribution in [3.8, 4) is 0 Å². The van der Waals surface area contributed by atoms with Crippen molar-refractivity contribution in [3.05, 3.63) is 41.5 Å². The monoisotopic (exact) mass is 452 g/mol. The number of thioether (sulfide) groups is 1. The first-order valence-electron chi connectivity index (χ1n) is 9.68. The average molecular weight is 453 g/mol. The molecule has 2 amide bonds. The molecule has 1 heterocycles. The fourth-order valence-corrected chi connectivity index (χ4v) is 4.58. The average Bonchev–Trinajstić information content (AvgIpc) is 2.97. The van der Waals surface area contributed by atoms with Gasteiger partial charge in [0, 0.05) is 6.42 Å². The third-order valence-electron chi connectivity index (χ3n) is 4.75. The van der Waals surface area contributed by atoms with Crippen molar-refractivity contribution < 1.29 is 22.8 Å². The molecule has 1 unspecified atom stereocenters. The van der Waals surface area contributed by atoms with Gasteiger partial charge in [0.15, 0.2) is 5.17 Å². The van der Waals surface area contributed by atoms with Gasteiger partial charge < -0.3 is 10.6 Å². The number of amidine groups is 1. The van der Waals surface area contributed by atoms with E-state index in [1.165, 1.54) is 23.8 Å². The predicted molar refractivity (Wildman–Crippen MR) is 116 cm³/mol. The Morgan fingerprint density at radius 3 is 2.65 bits per heavy atom. The highest BCUT2D eigenvalue weighted by Crippen LogP contribution is 2.35. The van der Waals surface area contributed by atoms with Crippen molar-refractivity contribution in [1.29, 1.82) is 0 Å². The zero-order valence-electron chi connectivity index (χ0n) is 17.3. The first-order chi connectivity index (χ1) is 14.4. The molecule has 1 aromatic carbocycles. The molecule has 0 aromatic heterocycles. The molecular formula is C21H23F3N4O2S. The summed E-state index contributed by atoms with van der Waals surface area (Å²) in [7, 11) is 0. The topological polar surface area (TPSA) is 82.9 Å². The van der Waals surface area contributed by atoms with Crippen molar-refractivity contribution in [2.24, 2.45) is 15.6 Å². The van der Waals surface area contributed by atoms with Gasteiger partial charge in [0.1, 0.15) is 5.25 Å². The minimum absolute atomic E-state index is 0.0806. The SMILES string of the molecule is CC1=C/C(=N\N=C2\NC(=O)C(CC(=O)Nc3ccccc3C(F)(F)F)S2)CC(C)(C)C1.